The van der Waals surface area contributed by atoms with Crippen LogP contribution in [0.4, 0.5) is 18.9 Å². The van der Waals surface area contributed by atoms with Gasteiger partial charge in [-0.2, -0.15) is 13.2 Å². The Bertz CT molecular complexity index is 718. The monoisotopic (exact) mass is 371 g/mol. The Morgan fingerprint density at radius 3 is 2.52 bits per heavy atom. The fraction of sp³-hybridized carbons (Fsp3) is 0.250. The number of thiophene rings is 1. The molecule has 1 aromatic carbocycles. The number of para-hydroxylation sites is 1. The molecule has 0 bridgehead atoms. The highest BCUT2D eigenvalue weighted by atomic mass is 32.1. The number of carbonyl (C=O) groups is 2. The summed E-state index contributed by atoms with van der Waals surface area (Å²) in [6.45, 7) is 0.295. The van der Waals surface area contributed by atoms with Gasteiger partial charge in [0.2, 0.25) is 5.91 Å². The van der Waals surface area contributed by atoms with Gasteiger partial charge in [0.25, 0.3) is 5.91 Å². The van der Waals surface area contributed by atoms with Gasteiger partial charge in [0.05, 0.1) is 16.1 Å². The summed E-state index contributed by atoms with van der Waals surface area (Å²) in [6, 6.07) is 8.31. The molecule has 2 amide bonds. The van der Waals surface area contributed by atoms with Gasteiger partial charge in [0.15, 0.2) is 0 Å². The molecule has 134 valence electrons. The molecule has 0 spiro atoms. The number of carbonyl (C=O) groups excluding carboxylic acids is 2. The molecule has 2 aromatic rings. The Balaban J connectivity index is 1.72. The zero-order valence-corrected chi connectivity index (χ0v) is 13.8. The number of anilines is 1. The Morgan fingerprint density at radius 1 is 1.08 bits per heavy atom. The van der Waals surface area contributed by atoms with Crippen LogP contribution in [0, 0.1) is 0 Å². The lowest BCUT2D eigenvalue weighted by molar-refractivity contribution is -0.137. The molecule has 9 heteroatoms. The van der Waals surface area contributed by atoms with E-state index >= 15 is 0 Å². The molecule has 0 radical (unpaired) electrons. The van der Waals surface area contributed by atoms with Gasteiger partial charge < -0.3 is 5.32 Å². The number of hydrazine groups is 1. The summed E-state index contributed by atoms with van der Waals surface area (Å²) in [6.07, 6.45) is -4.09. The second kappa shape index (κ2) is 8.52. The van der Waals surface area contributed by atoms with E-state index in [2.05, 4.69) is 16.2 Å². The zero-order chi connectivity index (χ0) is 18.3. The lowest BCUT2D eigenvalue weighted by Gasteiger charge is -2.14. The fourth-order valence-corrected chi connectivity index (χ4v) is 2.62. The van der Waals surface area contributed by atoms with Gasteiger partial charge in [-0.15, -0.1) is 11.3 Å². The SMILES string of the molecule is O=C(CCCNC(=O)c1cccs1)NNc1ccccc1C(F)(F)F. The van der Waals surface area contributed by atoms with Crippen molar-refractivity contribution >= 4 is 28.8 Å². The van der Waals surface area contributed by atoms with Crippen LogP contribution < -0.4 is 16.2 Å². The molecule has 0 aliphatic heterocycles. The van der Waals surface area contributed by atoms with Crippen LogP contribution in [0.15, 0.2) is 41.8 Å². The van der Waals surface area contributed by atoms with E-state index in [4.69, 9.17) is 0 Å². The molecular weight excluding hydrogens is 355 g/mol. The number of hydrogen-bond donors (Lipinski definition) is 3. The summed E-state index contributed by atoms with van der Waals surface area (Å²) < 4.78 is 38.5. The lowest BCUT2D eigenvalue weighted by atomic mass is 10.2. The van der Waals surface area contributed by atoms with E-state index in [1.807, 2.05) is 0 Å². The highest BCUT2D eigenvalue weighted by molar-refractivity contribution is 7.12. The van der Waals surface area contributed by atoms with Crippen LogP contribution in [0.25, 0.3) is 0 Å². The van der Waals surface area contributed by atoms with Crippen molar-refractivity contribution in [2.75, 3.05) is 12.0 Å². The van der Waals surface area contributed by atoms with Gasteiger partial charge in [0, 0.05) is 13.0 Å². The quantitative estimate of drug-likeness (QED) is 0.516. The van der Waals surface area contributed by atoms with Gasteiger partial charge >= 0.3 is 6.18 Å². The van der Waals surface area contributed by atoms with E-state index in [0.717, 1.165) is 6.07 Å². The summed E-state index contributed by atoms with van der Waals surface area (Å²) in [4.78, 5) is 23.9. The summed E-state index contributed by atoms with van der Waals surface area (Å²) >= 11 is 1.31. The first-order valence-corrected chi connectivity index (χ1v) is 8.28. The number of rotatable bonds is 7. The summed E-state index contributed by atoms with van der Waals surface area (Å²) in [5, 5.41) is 4.45. The standard InChI is InChI=1S/C16H16F3N3O2S/c17-16(18,19)11-5-1-2-6-12(11)21-22-14(23)8-3-9-20-15(24)13-7-4-10-25-13/h1-2,4-7,10,21H,3,8-9H2,(H,20,24)(H,22,23). The molecule has 0 atom stereocenters. The third-order valence-electron chi connectivity index (χ3n) is 3.18. The molecule has 0 unspecified atom stereocenters. The Labute approximate surface area is 146 Å². The van der Waals surface area contributed by atoms with Crippen molar-refractivity contribution in [3.8, 4) is 0 Å². The van der Waals surface area contributed by atoms with Crippen LogP contribution in [-0.2, 0) is 11.0 Å². The normalized spacial score (nSPS) is 11.0. The number of nitrogens with one attached hydrogen (secondary N) is 3. The van der Waals surface area contributed by atoms with Crippen molar-refractivity contribution in [2.45, 2.75) is 19.0 Å². The molecule has 5 nitrogen and oxygen atoms in total. The maximum absolute atomic E-state index is 12.8. The summed E-state index contributed by atoms with van der Waals surface area (Å²) in [5.74, 6) is -0.685. The average molecular weight is 371 g/mol. The van der Waals surface area contributed by atoms with Gasteiger partial charge in [0.1, 0.15) is 0 Å². The van der Waals surface area contributed by atoms with E-state index in [9.17, 15) is 22.8 Å². The molecule has 1 heterocycles. The molecule has 25 heavy (non-hydrogen) atoms. The Kier molecular flexibility index (Phi) is 6.40. The lowest BCUT2D eigenvalue weighted by Crippen LogP contribution is -2.31. The topological polar surface area (TPSA) is 70.2 Å². The van der Waals surface area contributed by atoms with Crippen molar-refractivity contribution in [1.29, 1.82) is 0 Å². The molecule has 0 aliphatic carbocycles. The second-order valence-corrected chi connectivity index (χ2v) is 6.00. The number of hydrogen-bond acceptors (Lipinski definition) is 4. The van der Waals surface area contributed by atoms with Crippen LogP contribution in [0.3, 0.4) is 0 Å². The van der Waals surface area contributed by atoms with Crippen molar-refractivity contribution in [3.63, 3.8) is 0 Å². The highest BCUT2D eigenvalue weighted by Gasteiger charge is 2.33. The number of alkyl halides is 3. The third-order valence-corrected chi connectivity index (χ3v) is 4.05. The highest BCUT2D eigenvalue weighted by Crippen LogP contribution is 2.34. The van der Waals surface area contributed by atoms with Crippen LogP contribution in [-0.4, -0.2) is 18.4 Å². The van der Waals surface area contributed by atoms with Gasteiger partial charge in [-0.1, -0.05) is 18.2 Å². The minimum absolute atomic E-state index is 0.0614. The maximum Gasteiger partial charge on any atom is 0.418 e. The number of benzene rings is 1. The van der Waals surface area contributed by atoms with Crippen LogP contribution in [0.5, 0.6) is 0 Å². The molecule has 1 aromatic heterocycles. The largest absolute Gasteiger partial charge is 0.418 e. The second-order valence-electron chi connectivity index (χ2n) is 5.05. The van der Waals surface area contributed by atoms with Crippen molar-refractivity contribution in [2.24, 2.45) is 0 Å². The number of amides is 2. The van der Waals surface area contributed by atoms with Gasteiger partial charge in [-0.25, -0.2) is 0 Å². The molecule has 2 rings (SSSR count). The number of halogens is 3. The maximum atomic E-state index is 12.8. The van der Waals surface area contributed by atoms with Crippen molar-refractivity contribution in [3.05, 3.63) is 52.2 Å². The van der Waals surface area contributed by atoms with Crippen molar-refractivity contribution in [1.82, 2.24) is 10.7 Å². The average Bonchev–Trinajstić information content (AvgIpc) is 3.11. The zero-order valence-electron chi connectivity index (χ0n) is 13.0. The molecule has 0 aliphatic rings. The van der Waals surface area contributed by atoms with Crippen LogP contribution >= 0.6 is 11.3 Å². The molecular formula is C16H16F3N3O2S. The van der Waals surface area contributed by atoms with Crippen LogP contribution in [0.1, 0.15) is 28.1 Å². The smallest absolute Gasteiger partial charge is 0.351 e. The minimum atomic E-state index is -4.51. The first-order valence-electron chi connectivity index (χ1n) is 7.40. The molecule has 0 saturated carbocycles. The van der Waals surface area contributed by atoms with E-state index in [-0.39, 0.29) is 18.0 Å². The minimum Gasteiger partial charge on any atom is -0.351 e. The van der Waals surface area contributed by atoms with Crippen molar-refractivity contribution < 1.29 is 22.8 Å². The predicted octanol–water partition coefficient (Wildman–Crippen LogP) is 3.42. The van der Waals surface area contributed by atoms with E-state index in [1.165, 1.54) is 29.5 Å². The first-order chi connectivity index (χ1) is 11.9. The van der Waals surface area contributed by atoms with Gasteiger partial charge in [-0.05, 0) is 30.0 Å². The predicted molar refractivity (Wildman–Crippen MR) is 89.1 cm³/mol. The molecule has 3 N–H and O–H groups in total. The summed E-state index contributed by atoms with van der Waals surface area (Å²) in [7, 11) is 0. The molecule has 0 saturated heterocycles. The Morgan fingerprint density at radius 2 is 1.84 bits per heavy atom. The first kappa shape index (κ1) is 18.8. The summed E-state index contributed by atoms with van der Waals surface area (Å²) in [5.41, 5.74) is 3.42. The van der Waals surface area contributed by atoms with E-state index in [0.29, 0.717) is 17.8 Å². The van der Waals surface area contributed by atoms with Gasteiger partial charge in [-0.3, -0.25) is 20.4 Å². The Hall–Kier alpha value is -2.55. The third kappa shape index (κ3) is 5.79. The fourth-order valence-electron chi connectivity index (χ4n) is 1.98. The molecule has 0 fully saturated rings. The van der Waals surface area contributed by atoms with E-state index in [1.54, 1.807) is 17.5 Å². The van der Waals surface area contributed by atoms with E-state index < -0.39 is 17.6 Å². The van der Waals surface area contributed by atoms with Crippen LogP contribution in [0.2, 0.25) is 0 Å².